The second-order valence-corrected chi connectivity index (χ2v) is 4.24. The largest absolute Gasteiger partial charge is 0.464 e. The van der Waals surface area contributed by atoms with Crippen molar-refractivity contribution in [1.82, 2.24) is 10.3 Å². The van der Waals surface area contributed by atoms with Crippen molar-refractivity contribution < 1.29 is 9.53 Å². The van der Waals surface area contributed by atoms with E-state index in [1.54, 1.807) is 12.3 Å². The molecule has 5 heteroatoms. The molecule has 0 bridgehead atoms. The van der Waals surface area contributed by atoms with Gasteiger partial charge in [0.25, 0.3) is 0 Å². The second-order valence-electron chi connectivity index (χ2n) is 4.24. The van der Waals surface area contributed by atoms with E-state index in [1.807, 2.05) is 13.0 Å². The Bertz CT molecular complexity index is 359. The van der Waals surface area contributed by atoms with Gasteiger partial charge in [0, 0.05) is 18.8 Å². The number of ether oxygens (including phenoxy) is 1. The summed E-state index contributed by atoms with van der Waals surface area (Å²) >= 11 is 0. The second kappa shape index (κ2) is 7.79. The van der Waals surface area contributed by atoms with Gasteiger partial charge in [-0.15, -0.1) is 0 Å². The number of pyridine rings is 1. The monoisotopic (exact) mass is 251 g/mol. The van der Waals surface area contributed by atoms with Gasteiger partial charge < -0.3 is 15.8 Å². The first-order valence-electron chi connectivity index (χ1n) is 6.11. The maximum Gasteiger partial charge on any atom is 0.356 e. The Morgan fingerprint density at radius 2 is 2.39 bits per heavy atom. The summed E-state index contributed by atoms with van der Waals surface area (Å²) in [4.78, 5) is 14.7. The highest BCUT2D eigenvalue weighted by atomic mass is 16.5. The Hall–Kier alpha value is -1.46. The molecule has 2 rings (SSSR count). The molecule has 0 radical (unpaired) electrons. The number of carbonyl (C=O) groups is 1. The highest BCUT2D eigenvalue weighted by Gasteiger charge is 2.10. The van der Waals surface area contributed by atoms with Gasteiger partial charge in [0.1, 0.15) is 5.69 Å². The molecule has 100 valence electrons. The Morgan fingerprint density at radius 1 is 1.61 bits per heavy atom. The van der Waals surface area contributed by atoms with Crippen molar-refractivity contribution >= 4 is 5.97 Å². The van der Waals surface area contributed by atoms with Crippen molar-refractivity contribution in [3.05, 3.63) is 29.6 Å². The van der Waals surface area contributed by atoms with E-state index in [4.69, 9.17) is 5.73 Å². The van der Waals surface area contributed by atoms with Gasteiger partial charge in [-0.3, -0.25) is 0 Å². The average Bonchev–Trinajstić information content (AvgIpc) is 2.92. The van der Waals surface area contributed by atoms with Gasteiger partial charge in [-0.05, 0) is 37.9 Å². The van der Waals surface area contributed by atoms with Gasteiger partial charge in [0.05, 0.1) is 7.11 Å². The van der Waals surface area contributed by atoms with Crippen molar-refractivity contribution in [3.63, 3.8) is 0 Å². The summed E-state index contributed by atoms with van der Waals surface area (Å²) in [7, 11) is 1.34. The van der Waals surface area contributed by atoms with Crippen LogP contribution in [0.3, 0.4) is 0 Å². The number of rotatable bonds is 2. The third kappa shape index (κ3) is 4.81. The number of aromatic nitrogens is 1. The van der Waals surface area contributed by atoms with Gasteiger partial charge in [-0.2, -0.15) is 0 Å². The van der Waals surface area contributed by atoms with Crippen LogP contribution in [0, 0.1) is 6.92 Å². The molecule has 1 saturated heterocycles. The Balaban J connectivity index is 0.000000199. The standard InChI is InChI=1S/C8H9NO2.C5H12N2/c1-6-3-4-7(9-5-6)8(10)11-2;6-4-5-2-1-3-7-5/h3-5H,1-2H3;5,7H,1-4,6H2. The number of nitrogens with zero attached hydrogens (tertiary/aromatic N) is 1. The lowest BCUT2D eigenvalue weighted by atomic mass is 10.2. The number of methoxy groups -OCH3 is 1. The molecule has 0 spiro atoms. The number of nitrogens with one attached hydrogen (secondary N) is 1. The van der Waals surface area contributed by atoms with Crippen molar-refractivity contribution in [2.75, 3.05) is 20.2 Å². The average molecular weight is 251 g/mol. The summed E-state index contributed by atoms with van der Waals surface area (Å²) < 4.78 is 4.47. The molecule has 1 aliphatic heterocycles. The fourth-order valence-corrected chi connectivity index (χ4v) is 1.65. The molecule has 1 fully saturated rings. The highest BCUT2D eigenvalue weighted by molar-refractivity contribution is 5.86. The van der Waals surface area contributed by atoms with E-state index in [0.29, 0.717) is 11.7 Å². The summed E-state index contributed by atoms with van der Waals surface area (Å²) in [6.07, 6.45) is 4.21. The van der Waals surface area contributed by atoms with E-state index < -0.39 is 5.97 Å². The minimum absolute atomic E-state index is 0.345. The van der Waals surface area contributed by atoms with Crippen LogP contribution < -0.4 is 11.1 Å². The minimum atomic E-state index is -0.398. The quantitative estimate of drug-likeness (QED) is 0.763. The van der Waals surface area contributed by atoms with Crippen molar-refractivity contribution in [3.8, 4) is 0 Å². The fourth-order valence-electron chi connectivity index (χ4n) is 1.65. The smallest absolute Gasteiger partial charge is 0.356 e. The first kappa shape index (κ1) is 14.6. The maximum atomic E-state index is 10.8. The lowest BCUT2D eigenvalue weighted by Crippen LogP contribution is -2.29. The fraction of sp³-hybridized carbons (Fsp3) is 0.538. The number of hydrogen-bond donors (Lipinski definition) is 2. The van der Waals surface area contributed by atoms with Gasteiger partial charge in [0.15, 0.2) is 0 Å². The lowest BCUT2D eigenvalue weighted by molar-refractivity contribution is 0.0594. The Morgan fingerprint density at radius 3 is 2.78 bits per heavy atom. The van der Waals surface area contributed by atoms with Crippen LogP contribution >= 0.6 is 0 Å². The van der Waals surface area contributed by atoms with Crippen LogP contribution in [0.15, 0.2) is 18.3 Å². The van der Waals surface area contributed by atoms with Gasteiger partial charge in [0.2, 0.25) is 0 Å². The Labute approximate surface area is 108 Å². The molecule has 1 unspecified atom stereocenters. The third-order valence-corrected chi connectivity index (χ3v) is 2.75. The zero-order valence-corrected chi connectivity index (χ0v) is 11.0. The van der Waals surface area contributed by atoms with Gasteiger partial charge in [-0.25, -0.2) is 9.78 Å². The van der Waals surface area contributed by atoms with Crippen molar-refractivity contribution in [2.45, 2.75) is 25.8 Å². The van der Waals surface area contributed by atoms with Crippen LogP contribution in [0.2, 0.25) is 0 Å². The number of aryl methyl sites for hydroxylation is 1. The summed E-state index contributed by atoms with van der Waals surface area (Å²) in [6, 6.07) is 4.08. The molecule has 3 N–H and O–H groups in total. The normalized spacial score (nSPS) is 17.8. The van der Waals surface area contributed by atoms with Crippen LogP contribution in [0.5, 0.6) is 0 Å². The van der Waals surface area contributed by atoms with E-state index in [0.717, 1.165) is 12.1 Å². The summed E-state index contributed by atoms with van der Waals surface area (Å²) in [6.45, 7) is 3.88. The zero-order chi connectivity index (χ0) is 13.4. The van der Waals surface area contributed by atoms with E-state index in [9.17, 15) is 4.79 Å². The first-order valence-corrected chi connectivity index (χ1v) is 6.11. The molecule has 1 aliphatic rings. The molecule has 1 aromatic heterocycles. The summed E-state index contributed by atoms with van der Waals surface area (Å²) in [5.74, 6) is -0.398. The molecule has 2 heterocycles. The van der Waals surface area contributed by atoms with E-state index in [1.165, 1.54) is 26.5 Å². The van der Waals surface area contributed by atoms with Crippen LogP contribution in [-0.4, -0.2) is 37.2 Å². The van der Waals surface area contributed by atoms with E-state index >= 15 is 0 Å². The summed E-state index contributed by atoms with van der Waals surface area (Å²) in [5.41, 5.74) is 6.74. The zero-order valence-electron chi connectivity index (χ0n) is 11.0. The molecular weight excluding hydrogens is 230 g/mol. The molecular formula is C13H21N3O2. The topological polar surface area (TPSA) is 77.2 Å². The Kier molecular flexibility index (Phi) is 6.32. The van der Waals surface area contributed by atoms with Crippen LogP contribution in [0.1, 0.15) is 28.9 Å². The number of hydrogen-bond acceptors (Lipinski definition) is 5. The van der Waals surface area contributed by atoms with E-state index in [-0.39, 0.29) is 0 Å². The predicted octanol–water partition coefficient (Wildman–Crippen LogP) is 0.874. The third-order valence-electron chi connectivity index (χ3n) is 2.75. The van der Waals surface area contributed by atoms with Crippen LogP contribution in [0.4, 0.5) is 0 Å². The van der Waals surface area contributed by atoms with Crippen LogP contribution in [-0.2, 0) is 4.74 Å². The van der Waals surface area contributed by atoms with Gasteiger partial charge in [-0.1, -0.05) is 6.07 Å². The number of esters is 1. The van der Waals surface area contributed by atoms with Crippen molar-refractivity contribution in [2.24, 2.45) is 5.73 Å². The molecule has 1 atom stereocenters. The molecule has 0 amide bonds. The van der Waals surface area contributed by atoms with Gasteiger partial charge >= 0.3 is 5.97 Å². The van der Waals surface area contributed by atoms with Crippen LogP contribution in [0.25, 0.3) is 0 Å². The molecule has 0 aliphatic carbocycles. The highest BCUT2D eigenvalue weighted by Crippen LogP contribution is 2.01. The SMILES string of the molecule is COC(=O)c1ccc(C)cn1.NCC1CCCN1. The molecule has 1 aromatic rings. The molecule has 0 aromatic carbocycles. The number of carbonyl (C=O) groups excluding carboxylic acids is 1. The molecule has 18 heavy (non-hydrogen) atoms. The lowest BCUT2D eigenvalue weighted by Gasteiger charge is -2.02. The summed E-state index contributed by atoms with van der Waals surface area (Å²) in [5, 5.41) is 3.28. The first-order chi connectivity index (χ1) is 8.67. The molecule has 0 saturated carbocycles. The minimum Gasteiger partial charge on any atom is -0.464 e. The number of nitrogens with two attached hydrogens (primary N) is 1. The van der Waals surface area contributed by atoms with E-state index in [2.05, 4.69) is 15.0 Å². The van der Waals surface area contributed by atoms with Crippen molar-refractivity contribution in [1.29, 1.82) is 0 Å². The maximum absolute atomic E-state index is 10.8. The molecule has 5 nitrogen and oxygen atoms in total. The predicted molar refractivity (Wildman–Crippen MR) is 70.4 cm³/mol.